The minimum Gasteiger partial charge on any atom is -0.496 e. The lowest BCUT2D eigenvalue weighted by Crippen LogP contribution is -2.05. The molecular weight excluding hydrogens is 435 g/mol. The Morgan fingerprint density at radius 1 is 1.14 bits per heavy atom. The van der Waals surface area contributed by atoms with Crippen molar-refractivity contribution in [3.63, 3.8) is 0 Å². The maximum atomic E-state index is 14.6. The van der Waals surface area contributed by atoms with Crippen molar-refractivity contribution in [2.24, 2.45) is 0 Å². The van der Waals surface area contributed by atoms with Crippen molar-refractivity contribution in [3.8, 4) is 17.0 Å². The third-order valence-corrected chi connectivity index (χ3v) is 7.21. The second-order valence-electron chi connectivity index (χ2n) is 6.19. The van der Waals surface area contributed by atoms with Gasteiger partial charge in [0, 0.05) is 32.9 Å². The van der Waals surface area contributed by atoms with Gasteiger partial charge in [-0.2, -0.15) is 0 Å². The van der Waals surface area contributed by atoms with Gasteiger partial charge in [0.05, 0.1) is 23.9 Å². The van der Waals surface area contributed by atoms with Crippen LogP contribution in [-0.4, -0.2) is 25.5 Å². The molecule has 5 nitrogen and oxygen atoms in total. The molecule has 0 saturated heterocycles. The maximum absolute atomic E-state index is 14.6. The third-order valence-electron chi connectivity index (χ3n) is 4.39. The summed E-state index contributed by atoms with van der Waals surface area (Å²) >= 11 is 7.28. The Morgan fingerprint density at radius 3 is 2.69 bits per heavy atom. The monoisotopic (exact) mass is 448 g/mol. The van der Waals surface area contributed by atoms with Crippen LogP contribution in [0.4, 0.5) is 4.39 Å². The van der Waals surface area contributed by atoms with E-state index in [9.17, 15) is 12.8 Å². The molecule has 0 amide bonds. The Morgan fingerprint density at radius 2 is 1.97 bits per heavy atom. The zero-order chi connectivity index (χ0) is 20.6. The standard InChI is InChI=1S/C20H14ClFN2O3S2/c1-27-18-8-12(21)2-4-15(18)20-14-5-3-13(9-16(14)17(22)10-24-20)29(25,26)11-19-23-6-7-28-19/h2-10H,11H2,1H3. The normalized spacial score (nSPS) is 11.7. The Balaban J connectivity index is 1.86. The number of hydrogen-bond donors (Lipinski definition) is 0. The largest absolute Gasteiger partial charge is 0.496 e. The number of methoxy groups -OCH3 is 1. The first-order valence-electron chi connectivity index (χ1n) is 8.42. The van der Waals surface area contributed by atoms with Crippen LogP contribution in [0.2, 0.25) is 5.02 Å². The fourth-order valence-corrected chi connectivity index (χ4v) is 5.47. The molecular formula is C20H14ClFN2O3S2. The number of nitrogens with zero attached hydrogens (tertiary/aromatic N) is 2. The fraction of sp³-hybridized carbons (Fsp3) is 0.100. The number of fused-ring (bicyclic) bond motifs is 1. The Bertz CT molecular complexity index is 1310. The molecule has 9 heteroatoms. The van der Waals surface area contributed by atoms with Gasteiger partial charge in [-0.1, -0.05) is 17.7 Å². The zero-order valence-corrected chi connectivity index (χ0v) is 17.5. The molecule has 0 N–H and O–H groups in total. The SMILES string of the molecule is COc1cc(Cl)ccc1-c1ncc(F)c2cc(S(=O)(=O)Cc3nccs3)ccc12. The lowest BCUT2D eigenvalue weighted by molar-refractivity contribution is 0.416. The van der Waals surface area contributed by atoms with E-state index >= 15 is 0 Å². The van der Waals surface area contributed by atoms with E-state index in [4.69, 9.17) is 16.3 Å². The predicted molar refractivity (Wildman–Crippen MR) is 112 cm³/mol. The smallest absolute Gasteiger partial charge is 0.184 e. The van der Waals surface area contributed by atoms with Crippen LogP contribution < -0.4 is 4.74 Å². The summed E-state index contributed by atoms with van der Waals surface area (Å²) in [6, 6.07) is 9.40. The van der Waals surface area contributed by atoms with Crippen molar-refractivity contribution < 1.29 is 17.5 Å². The summed E-state index contributed by atoms with van der Waals surface area (Å²) in [5.41, 5.74) is 1.10. The number of benzene rings is 2. The van der Waals surface area contributed by atoms with Crippen molar-refractivity contribution in [1.29, 1.82) is 0 Å². The van der Waals surface area contributed by atoms with Crippen LogP contribution in [0.1, 0.15) is 5.01 Å². The van der Waals surface area contributed by atoms with E-state index in [2.05, 4.69) is 9.97 Å². The first-order valence-corrected chi connectivity index (χ1v) is 11.3. The molecule has 2 aromatic carbocycles. The van der Waals surface area contributed by atoms with Gasteiger partial charge in [0.25, 0.3) is 0 Å². The fourth-order valence-electron chi connectivity index (χ4n) is 3.03. The van der Waals surface area contributed by atoms with E-state index in [1.165, 1.54) is 30.6 Å². The number of hydrogen-bond acceptors (Lipinski definition) is 6. The molecule has 0 radical (unpaired) electrons. The minimum atomic E-state index is -3.67. The first kappa shape index (κ1) is 19.8. The molecule has 2 aromatic heterocycles. The highest BCUT2D eigenvalue weighted by molar-refractivity contribution is 7.90. The lowest BCUT2D eigenvalue weighted by atomic mass is 10.0. The number of pyridine rings is 1. The molecule has 0 aliphatic heterocycles. The quantitative estimate of drug-likeness (QED) is 0.423. The molecule has 0 unspecified atom stereocenters. The van der Waals surface area contributed by atoms with Crippen LogP contribution in [0.25, 0.3) is 22.0 Å². The van der Waals surface area contributed by atoms with Crippen LogP contribution in [0, 0.1) is 5.82 Å². The number of rotatable bonds is 5. The van der Waals surface area contributed by atoms with Gasteiger partial charge in [-0.25, -0.2) is 17.8 Å². The third kappa shape index (κ3) is 3.83. The van der Waals surface area contributed by atoms with Crippen molar-refractivity contribution in [3.05, 3.63) is 70.0 Å². The summed E-state index contributed by atoms with van der Waals surface area (Å²) in [7, 11) is -2.16. The second kappa shape index (κ2) is 7.70. The summed E-state index contributed by atoms with van der Waals surface area (Å²) in [5, 5.41) is 3.31. The molecule has 148 valence electrons. The zero-order valence-electron chi connectivity index (χ0n) is 15.1. The average molecular weight is 449 g/mol. The van der Waals surface area contributed by atoms with E-state index in [0.29, 0.717) is 32.4 Å². The van der Waals surface area contributed by atoms with Crippen molar-refractivity contribution >= 4 is 43.5 Å². The number of thiazole rings is 1. The Hall–Kier alpha value is -2.55. The van der Waals surface area contributed by atoms with Crippen molar-refractivity contribution in [2.45, 2.75) is 10.6 Å². The number of sulfone groups is 1. The number of ether oxygens (including phenoxy) is 1. The molecule has 29 heavy (non-hydrogen) atoms. The molecule has 2 heterocycles. The van der Waals surface area contributed by atoms with E-state index in [1.807, 2.05) is 0 Å². The summed E-state index contributed by atoms with van der Waals surface area (Å²) < 4.78 is 45.4. The van der Waals surface area contributed by atoms with Gasteiger partial charge in [0.2, 0.25) is 0 Å². The molecule has 0 fully saturated rings. The topological polar surface area (TPSA) is 69.2 Å². The van der Waals surface area contributed by atoms with E-state index < -0.39 is 15.7 Å². The van der Waals surface area contributed by atoms with Gasteiger partial charge >= 0.3 is 0 Å². The molecule has 0 aliphatic rings. The molecule has 0 atom stereocenters. The summed E-state index contributed by atoms with van der Waals surface area (Å²) in [5.74, 6) is -0.359. The Labute approximate surface area is 175 Å². The van der Waals surface area contributed by atoms with Crippen LogP contribution >= 0.6 is 22.9 Å². The Kier molecular flexibility index (Phi) is 5.24. The van der Waals surface area contributed by atoms with E-state index in [-0.39, 0.29) is 16.0 Å². The first-order chi connectivity index (χ1) is 13.9. The van der Waals surface area contributed by atoms with Gasteiger partial charge in [0.1, 0.15) is 22.3 Å². The highest BCUT2D eigenvalue weighted by Gasteiger charge is 2.20. The maximum Gasteiger partial charge on any atom is 0.184 e. The van der Waals surface area contributed by atoms with E-state index in [0.717, 1.165) is 6.20 Å². The van der Waals surface area contributed by atoms with E-state index in [1.54, 1.807) is 35.8 Å². The van der Waals surface area contributed by atoms with Gasteiger partial charge < -0.3 is 4.74 Å². The van der Waals surface area contributed by atoms with Gasteiger partial charge in [-0.15, -0.1) is 11.3 Å². The molecule has 4 rings (SSSR count). The molecule has 4 aromatic rings. The summed E-state index contributed by atoms with van der Waals surface area (Å²) in [6.45, 7) is 0. The number of halogens is 2. The van der Waals surface area contributed by atoms with Gasteiger partial charge in [-0.05, 0) is 30.3 Å². The second-order valence-corrected chi connectivity index (χ2v) is 9.60. The highest BCUT2D eigenvalue weighted by Crippen LogP contribution is 2.36. The minimum absolute atomic E-state index is 0.0271. The average Bonchev–Trinajstić information content (AvgIpc) is 3.20. The highest BCUT2D eigenvalue weighted by atomic mass is 35.5. The van der Waals surface area contributed by atoms with Crippen molar-refractivity contribution in [2.75, 3.05) is 7.11 Å². The summed E-state index contributed by atoms with van der Waals surface area (Å²) in [6.07, 6.45) is 2.62. The lowest BCUT2D eigenvalue weighted by Gasteiger charge is -2.12. The van der Waals surface area contributed by atoms with Gasteiger partial charge in [0.15, 0.2) is 9.84 Å². The predicted octanol–water partition coefficient (Wildman–Crippen LogP) is 5.13. The number of aromatic nitrogens is 2. The van der Waals surface area contributed by atoms with Crippen LogP contribution in [0.5, 0.6) is 5.75 Å². The molecule has 0 bridgehead atoms. The van der Waals surface area contributed by atoms with Crippen LogP contribution in [-0.2, 0) is 15.6 Å². The van der Waals surface area contributed by atoms with Crippen LogP contribution in [0.15, 0.2) is 59.1 Å². The van der Waals surface area contributed by atoms with Crippen LogP contribution in [0.3, 0.4) is 0 Å². The molecule has 0 saturated carbocycles. The summed E-state index contributed by atoms with van der Waals surface area (Å²) in [4.78, 5) is 8.26. The van der Waals surface area contributed by atoms with Gasteiger partial charge in [-0.3, -0.25) is 4.98 Å². The molecule has 0 spiro atoms. The van der Waals surface area contributed by atoms with Crippen molar-refractivity contribution in [1.82, 2.24) is 9.97 Å². The molecule has 0 aliphatic carbocycles.